The van der Waals surface area contributed by atoms with E-state index < -0.39 is 0 Å². The summed E-state index contributed by atoms with van der Waals surface area (Å²) in [5, 5.41) is 0.338. The largest absolute Gasteiger partial charge is 0.293 e. The van der Waals surface area contributed by atoms with E-state index in [0.29, 0.717) is 5.03 Å². The summed E-state index contributed by atoms with van der Waals surface area (Å²) in [6, 6.07) is 0. The van der Waals surface area contributed by atoms with Crippen LogP contribution in [0.1, 0.15) is 20.8 Å². The zero-order valence-corrected chi connectivity index (χ0v) is 6.70. The summed E-state index contributed by atoms with van der Waals surface area (Å²) in [5.41, 5.74) is 0. The molecule has 9 heavy (non-hydrogen) atoms. The van der Waals surface area contributed by atoms with Crippen molar-refractivity contribution in [2.24, 2.45) is 5.92 Å². The highest BCUT2D eigenvalue weighted by molar-refractivity contribution is 6.42. The van der Waals surface area contributed by atoms with Crippen LogP contribution in [0.5, 0.6) is 0 Å². The fourth-order valence-electron chi connectivity index (χ4n) is 0.418. The van der Waals surface area contributed by atoms with Crippen molar-refractivity contribution < 1.29 is 4.79 Å². The van der Waals surface area contributed by atoms with E-state index in [1.807, 2.05) is 13.8 Å². The van der Waals surface area contributed by atoms with Gasteiger partial charge in [-0.1, -0.05) is 31.5 Å². The van der Waals surface area contributed by atoms with Crippen molar-refractivity contribution in [1.82, 2.24) is 0 Å². The lowest BCUT2D eigenvalue weighted by Gasteiger charge is -1.99. The third-order valence-electron chi connectivity index (χ3n) is 1.01. The Morgan fingerprint density at radius 3 is 2.11 bits per heavy atom. The van der Waals surface area contributed by atoms with Gasteiger partial charge in [-0.25, -0.2) is 0 Å². The number of hydrogen-bond acceptors (Lipinski definition) is 1. The van der Waals surface area contributed by atoms with Gasteiger partial charge in [-0.05, 0) is 6.92 Å². The molecule has 0 amide bonds. The summed E-state index contributed by atoms with van der Waals surface area (Å²) in [4.78, 5) is 10.9. The van der Waals surface area contributed by atoms with Crippen LogP contribution in [0.15, 0.2) is 11.1 Å². The van der Waals surface area contributed by atoms with E-state index in [1.54, 1.807) is 13.0 Å². The van der Waals surface area contributed by atoms with Gasteiger partial charge in [0.2, 0.25) is 0 Å². The highest BCUT2D eigenvalue weighted by atomic mass is 35.5. The smallest absolute Gasteiger partial charge is 0.176 e. The number of allylic oxidation sites excluding steroid dienone is 2. The lowest BCUT2D eigenvalue weighted by molar-refractivity contribution is -0.117. The van der Waals surface area contributed by atoms with E-state index >= 15 is 0 Å². The van der Waals surface area contributed by atoms with E-state index in [4.69, 9.17) is 11.6 Å². The van der Waals surface area contributed by atoms with E-state index in [-0.39, 0.29) is 11.7 Å². The van der Waals surface area contributed by atoms with E-state index in [1.165, 1.54) is 0 Å². The van der Waals surface area contributed by atoms with Crippen LogP contribution in [0, 0.1) is 5.92 Å². The van der Waals surface area contributed by atoms with Crippen LogP contribution >= 0.6 is 11.6 Å². The summed E-state index contributed by atoms with van der Waals surface area (Å²) in [6.45, 7) is 5.41. The molecule has 0 saturated carbocycles. The molecule has 0 aromatic heterocycles. The molecule has 52 valence electrons. The molecule has 0 heterocycles. The molecular formula is C7H11ClO. The SMILES string of the molecule is C/C=C(/Cl)C(=O)C(C)C. The first-order valence-electron chi connectivity index (χ1n) is 2.95. The van der Waals surface area contributed by atoms with Crippen LogP contribution in [-0.4, -0.2) is 5.78 Å². The van der Waals surface area contributed by atoms with Crippen LogP contribution in [-0.2, 0) is 4.79 Å². The van der Waals surface area contributed by atoms with Gasteiger partial charge < -0.3 is 0 Å². The predicted octanol–water partition coefficient (Wildman–Crippen LogP) is 2.35. The minimum absolute atomic E-state index is 0.00806. The Morgan fingerprint density at radius 1 is 1.56 bits per heavy atom. The number of halogens is 1. The number of rotatable bonds is 2. The van der Waals surface area contributed by atoms with Crippen molar-refractivity contribution in [2.75, 3.05) is 0 Å². The molecule has 0 unspecified atom stereocenters. The zero-order chi connectivity index (χ0) is 7.44. The first-order chi connectivity index (χ1) is 4.09. The average Bonchev–Trinajstić information content (AvgIpc) is 1.84. The van der Waals surface area contributed by atoms with Crippen molar-refractivity contribution in [3.63, 3.8) is 0 Å². The second-order valence-corrected chi connectivity index (χ2v) is 2.56. The number of carbonyl (C=O) groups excluding carboxylic acids is 1. The Kier molecular flexibility index (Phi) is 3.55. The molecule has 0 radical (unpaired) electrons. The average molecular weight is 147 g/mol. The molecular weight excluding hydrogens is 136 g/mol. The molecule has 0 aromatic carbocycles. The van der Waals surface area contributed by atoms with Gasteiger partial charge in [-0.15, -0.1) is 0 Å². The fraction of sp³-hybridized carbons (Fsp3) is 0.571. The normalized spacial score (nSPS) is 12.3. The molecule has 0 N–H and O–H groups in total. The maximum Gasteiger partial charge on any atom is 0.176 e. The van der Waals surface area contributed by atoms with Crippen LogP contribution in [0.3, 0.4) is 0 Å². The van der Waals surface area contributed by atoms with Crippen LogP contribution in [0.4, 0.5) is 0 Å². The molecule has 0 aliphatic carbocycles. The van der Waals surface area contributed by atoms with Gasteiger partial charge in [0, 0.05) is 5.92 Å². The topological polar surface area (TPSA) is 17.1 Å². The van der Waals surface area contributed by atoms with Crippen LogP contribution in [0.2, 0.25) is 0 Å². The summed E-state index contributed by atoms with van der Waals surface area (Å²) >= 11 is 5.52. The summed E-state index contributed by atoms with van der Waals surface area (Å²) in [6.07, 6.45) is 1.61. The molecule has 0 aliphatic heterocycles. The van der Waals surface area contributed by atoms with Crippen molar-refractivity contribution in [2.45, 2.75) is 20.8 Å². The number of hydrogen-bond donors (Lipinski definition) is 0. The summed E-state index contributed by atoms with van der Waals surface area (Å²) in [5.74, 6) is 0.0212. The van der Waals surface area contributed by atoms with Gasteiger partial charge in [-0.3, -0.25) is 4.79 Å². The van der Waals surface area contributed by atoms with E-state index in [2.05, 4.69) is 0 Å². The van der Waals surface area contributed by atoms with Crippen molar-refractivity contribution >= 4 is 17.4 Å². The Bertz CT molecular complexity index is 136. The van der Waals surface area contributed by atoms with E-state index in [9.17, 15) is 4.79 Å². The summed E-state index contributed by atoms with van der Waals surface area (Å²) in [7, 11) is 0. The quantitative estimate of drug-likeness (QED) is 0.547. The maximum absolute atomic E-state index is 10.9. The molecule has 0 aliphatic rings. The Labute approximate surface area is 60.7 Å². The second-order valence-electron chi connectivity index (χ2n) is 2.16. The lowest BCUT2D eigenvalue weighted by atomic mass is 10.1. The third-order valence-corrected chi connectivity index (χ3v) is 1.42. The molecule has 0 saturated heterocycles. The van der Waals surface area contributed by atoms with Crippen molar-refractivity contribution in [3.8, 4) is 0 Å². The van der Waals surface area contributed by atoms with Gasteiger partial charge in [-0.2, -0.15) is 0 Å². The zero-order valence-electron chi connectivity index (χ0n) is 5.94. The number of Topliss-reactive ketones (excluding diaryl/α,β-unsaturated/α-hetero) is 1. The second kappa shape index (κ2) is 3.67. The van der Waals surface area contributed by atoms with Crippen LogP contribution in [0.25, 0.3) is 0 Å². The Hall–Kier alpha value is -0.300. The first-order valence-corrected chi connectivity index (χ1v) is 3.33. The minimum atomic E-state index is 0.00806. The molecule has 1 nitrogen and oxygen atoms in total. The standard InChI is InChI=1S/C7H11ClO/c1-4-6(8)7(9)5(2)3/h4-5H,1-3H3/b6-4+. The Balaban J connectivity index is 4.06. The predicted molar refractivity (Wildman–Crippen MR) is 39.5 cm³/mol. The first kappa shape index (κ1) is 8.70. The monoisotopic (exact) mass is 146 g/mol. The van der Waals surface area contributed by atoms with Gasteiger partial charge in [0.15, 0.2) is 5.78 Å². The Morgan fingerprint density at radius 2 is 2.00 bits per heavy atom. The fourth-order valence-corrected chi connectivity index (χ4v) is 0.636. The molecule has 0 aromatic rings. The molecule has 0 rings (SSSR count). The van der Waals surface area contributed by atoms with Crippen molar-refractivity contribution in [3.05, 3.63) is 11.1 Å². The van der Waals surface area contributed by atoms with E-state index in [0.717, 1.165) is 0 Å². The summed E-state index contributed by atoms with van der Waals surface area (Å²) < 4.78 is 0. The molecule has 0 bridgehead atoms. The van der Waals surface area contributed by atoms with Crippen LogP contribution < -0.4 is 0 Å². The number of carbonyl (C=O) groups is 1. The lowest BCUT2D eigenvalue weighted by Crippen LogP contribution is -2.05. The number of ketones is 1. The maximum atomic E-state index is 10.9. The van der Waals surface area contributed by atoms with Gasteiger partial charge in [0.1, 0.15) is 0 Å². The molecule has 0 atom stereocenters. The molecule has 2 heteroatoms. The third kappa shape index (κ3) is 2.66. The molecule has 0 spiro atoms. The van der Waals surface area contributed by atoms with Gasteiger partial charge in [0.05, 0.1) is 5.03 Å². The van der Waals surface area contributed by atoms with Gasteiger partial charge in [0.25, 0.3) is 0 Å². The highest BCUT2D eigenvalue weighted by Crippen LogP contribution is 2.08. The van der Waals surface area contributed by atoms with Gasteiger partial charge >= 0.3 is 0 Å². The minimum Gasteiger partial charge on any atom is -0.293 e. The van der Waals surface area contributed by atoms with Crippen molar-refractivity contribution in [1.29, 1.82) is 0 Å². The highest BCUT2D eigenvalue weighted by Gasteiger charge is 2.08. The molecule has 0 fully saturated rings.